The van der Waals surface area contributed by atoms with Crippen LogP contribution in [0.5, 0.6) is 5.75 Å². The first kappa shape index (κ1) is 22.5. The lowest BCUT2D eigenvalue weighted by Gasteiger charge is -2.35. The lowest BCUT2D eigenvalue weighted by Crippen LogP contribution is -2.44. The lowest BCUT2D eigenvalue weighted by atomic mass is 9.96. The largest absolute Gasteiger partial charge is 0.496 e. The molecule has 4 rings (SSSR count). The number of likely N-dealkylation sites (tertiary alicyclic amines) is 1. The van der Waals surface area contributed by atoms with E-state index in [4.69, 9.17) is 14.2 Å². The number of carbonyl (C=O) groups is 1. The smallest absolute Gasteiger partial charge is 0.257 e. The number of sulfonamides is 1. The van der Waals surface area contributed by atoms with Crippen molar-refractivity contribution >= 4 is 15.9 Å². The number of amides is 1. The molecule has 1 aromatic carbocycles. The Balaban J connectivity index is 1.57. The predicted molar refractivity (Wildman–Crippen MR) is 115 cm³/mol. The standard InChI is InChI=1S/C22H32N2O6S/c1-28-20-9-8-18(31(26,27)24-11-4-2-3-5-12-24)15-19(20)21(25)23-10-6-7-17(16-23)22-29-13-14-30-22/h8-9,15,17,22H,2-7,10-14,16H2,1H3. The maximum Gasteiger partial charge on any atom is 0.257 e. The van der Waals surface area contributed by atoms with Gasteiger partial charge in [-0.25, -0.2) is 8.42 Å². The van der Waals surface area contributed by atoms with Crippen molar-refractivity contribution in [3.8, 4) is 5.75 Å². The van der Waals surface area contributed by atoms with E-state index in [-0.39, 0.29) is 28.6 Å². The Morgan fingerprint density at radius 1 is 1.03 bits per heavy atom. The molecule has 3 aliphatic rings. The summed E-state index contributed by atoms with van der Waals surface area (Å²) >= 11 is 0. The van der Waals surface area contributed by atoms with Crippen LogP contribution in [-0.2, 0) is 19.5 Å². The number of hydrogen-bond acceptors (Lipinski definition) is 6. The van der Waals surface area contributed by atoms with Crippen molar-refractivity contribution in [3.63, 3.8) is 0 Å². The van der Waals surface area contributed by atoms with Crippen LogP contribution in [0.15, 0.2) is 23.1 Å². The van der Waals surface area contributed by atoms with E-state index < -0.39 is 10.0 Å². The molecule has 1 amide bonds. The second-order valence-corrected chi connectivity index (χ2v) is 10.4. The van der Waals surface area contributed by atoms with Crippen LogP contribution in [0.2, 0.25) is 0 Å². The van der Waals surface area contributed by atoms with Crippen LogP contribution in [0.1, 0.15) is 48.9 Å². The summed E-state index contributed by atoms with van der Waals surface area (Å²) in [5.74, 6) is 0.290. The molecule has 3 aliphatic heterocycles. The highest BCUT2D eigenvalue weighted by molar-refractivity contribution is 7.89. The Labute approximate surface area is 184 Å². The van der Waals surface area contributed by atoms with Crippen LogP contribution in [-0.4, -0.2) is 76.3 Å². The molecule has 31 heavy (non-hydrogen) atoms. The van der Waals surface area contributed by atoms with Gasteiger partial charge in [-0.1, -0.05) is 12.8 Å². The predicted octanol–water partition coefficient (Wildman–Crippen LogP) is 2.49. The SMILES string of the molecule is COc1ccc(S(=O)(=O)N2CCCCCC2)cc1C(=O)N1CCCC(C2OCCO2)C1. The second kappa shape index (κ2) is 9.85. The molecule has 0 aromatic heterocycles. The van der Waals surface area contributed by atoms with E-state index in [0.717, 1.165) is 38.5 Å². The van der Waals surface area contributed by atoms with Gasteiger partial charge in [0.05, 0.1) is 30.8 Å². The van der Waals surface area contributed by atoms with E-state index in [1.807, 2.05) is 0 Å². The molecule has 1 unspecified atom stereocenters. The number of carbonyl (C=O) groups excluding carboxylic acids is 1. The number of piperidine rings is 1. The van der Waals surface area contributed by atoms with Gasteiger partial charge in [-0.2, -0.15) is 4.31 Å². The van der Waals surface area contributed by atoms with E-state index >= 15 is 0 Å². The summed E-state index contributed by atoms with van der Waals surface area (Å²) in [7, 11) is -2.16. The highest BCUT2D eigenvalue weighted by Crippen LogP contribution is 2.30. The summed E-state index contributed by atoms with van der Waals surface area (Å²) in [6.07, 6.45) is 5.34. The average Bonchev–Trinajstić information content (AvgIpc) is 3.20. The highest BCUT2D eigenvalue weighted by Gasteiger charge is 2.34. The maximum atomic E-state index is 13.4. The molecule has 0 bridgehead atoms. The van der Waals surface area contributed by atoms with Crippen molar-refractivity contribution in [2.24, 2.45) is 5.92 Å². The Hall–Kier alpha value is -1.68. The Bertz CT molecular complexity index is 876. The van der Waals surface area contributed by atoms with Crippen molar-refractivity contribution in [1.82, 2.24) is 9.21 Å². The van der Waals surface area contributed by atoms with E-state index in [1.165, 1.54) is 19.2 Å². The summed E-state index contributed by atoms with van der Waals surface area (Å²) in [5, 5.41) is 0. The third-order valence-corrected chi connectivity index (χ3v) is 8.28. The fourth-order valence-corrected chi connectivity index (χ4v) is 6.23. The van der Waals surface area contributed by atoms with Crippen molar-refractivity contribution in [3.05, 3.63) is 23.8 Å². The summed E-state index contributed by atoms with van der Waals surface area (Å²) in [6.45, 7) is 3.35. The topological polar surface area (TPSA) is 85.4 Å². The number of benzene rings is 1. The summed E-state index contributed by atoms with van der Waals surface area (Å²) in [5.41, 5.74) is 0.285. The van der Waals surface area contributed by atoms with Crippen LogP contribution < -0.4 is 4.74 Å². The van der Waals surface area contributed by atoms with Crippen LogP contribution in [0.3, 0.4) is 0 Å². The highest BCUT2D eigenvalue weighted by atomic mass is 32.2. The Kier molecular flexibility index (Phi) is 7.15. The average molecular weight is 453 g/mol. The van der Waals surface area contributed by atoms with Gasteiger partial charge in [0, 0.05) is 32.1 Å². The molecule has 8 nitrogen and oxygen atoms in total. The van der Waals surface area contributed by atoms with Gasteiger partial charge in [0.15, 0.2) is 6.29 Å². The first-order valence-corrected chi connectivity index (χ1v) is 12.7. The van der Waals surface area contributed by atoms with Gasteiger partial charge < -0.3 is 19.1 Å². The molecule has 3 fully saturated rings. The molecule has 1 aromatic rings. The van der Waals surface area contributed by atoms with Gasteiger partial charge in [-0.3, -0.25) is 4.79 Å². The first-order chi connectivity index (χ1) is 15.0. The summed E-state index contributed by atoms with van der Waals surface area (Å²) < 4.78 is 44.7. The number of ether oxygens (including phenoxy) is 3. The van der Waals surface area contributed by atoms with Crippen LogP contribution in [0.25, 0.3) is 0 Å². The Morgan fingerprint density at radius 2 is 1.74 bits per heavy atom. The van der Waals surface area contributed by atoms with Gasteiger partial charge >= 0.3 is 0 Å². The normalized spacial score (nSPS) is 24.2. The molecule has 9 heteroatoms. The van der Waals surface area contributed by atoms with E-state index in [9.17, 15) is 13.2 Å². The summed E-state index contributed by atoms with van der Waals surface area (Å²) in [4.78, 5) is 15.3. The van der Waals surface area contributed by atoms with Gasteiger partial charge in [0.25, 0.3) is 5.91 Å². The third kappa shape index (κ3) is 4.89. The number of hydrogen-bond donors (Lipinski definition) is 0. The fourth-order valence-electron chi connectivity index (χ4n) is 4.68. The minimum atomic E-state index is -3.65. The van der Waals surface area contributed by atoms with Crippen molar-refractivity contribution in [2.75, 3.05) is 46.5 Å². The van der Waals surface area contributed by atoms with Gasteiger partial charge in [-0.15, -0.1) is 0 Å². The van der Waals surface area contributed by atoms with E-state index in [2.05, 4.69) is 0 Å². The van der Waals surface area contributed by atoms with Crippen molar-refractivity contribution in [1.29, 1.82) is 0 Å². The lowest BCUT2D eigenvalue weighted by molar-refractivity contribution is -0.0969. The van der Waals surface area contributed by atoms with E-state index in [1.54, 1.807) is 15.3 Å². The molecular formula is C22H32N2O6S. The monoisotopic (exact) mass is 452 g/mol. The Morgan fingerprint density at radius 3 is 2.42 bits per heavy atom. The molecular weight excluding hydrogens is 420 g/mol. The van der Waals surface area contributed by atoms with Crippen molar-refractivity contribution < 1.29 is 27.4 Å². The van der Waals surface area contributed by atoms with Crippen LogP contribution >= 0.6 is 0 Å². The first-order valence-electron chi connectivity index (χ1n) is 11.2. The molecule has 0 aliphatic carbocycles. The quantitative estimate of drug-likeness (QED) is 0.682. The number of nitrogens with zero attached hydrogens (tertiary/aromatic N) is 2. The summed E-state index contributed by atoms with van der Waals surface area (Å²) in [6, 6.07) is 4.60. The number of rotatable bonds is 5. The molecule has 3 heterocycles. The van der Waals surface area contributed by atoms with E-state index in [0.29, 0.717) is 45.1 Å². The zero-order chi connectivity index (χ0) is 21.8. The second-order valence-electron chi connectivity index (χ2n) is 8.44. The van der Waals surface area contributed by atoms with Crippen LogP contribution in [0.4, 0.5) is 0 Å². The molecule has 3 saturated heterocycles. The van der Waals surface area contributed by atoms with Crippen molar-refractivity contribution in [2.45, 2.75) is 49.7 Å². The molecule has 0 saturated carbocycles. The molecule has 0 N–H and O–H groups in total. The molecule has 0 radical (unpaired) electrons. The zero-order valence-corrected chi connectivity index (χ0v) is 18.9. The minimum absolute atomic E-state index is 0.121. The molecule has 0 spiro atoms. The minimum Gasteiger partial charge on any atom is -0.496 e. The van der Waals surface area contributed by atoms with Crippen LogP contribution in [0, 0.1) is 5.92 Å². The zero-order valence-electron chi connectivity index (χ0n) is 18.1. The van der Waals surface area contributed by atoms with Gasteiger partial charge in [-0.05, 0) is 43.9 Å². The molecule has 172 valence electrons. The fraction of sp³-hybridized carbons (Fsp3) is 0.682. The number of methoxy groups -OCH3 is 1. The maximum absolute atomic E-state index is 13.4. The molecule has 1 atom stereocenters. The van der Waals surface area contributed by atoms with Gasteiger partial charge in [0.1, 0.15) is 5.75 Å². The third-order valence-electron chi connectivity index (χ3n) is 6.38. The van der Waals surface area contributed by atoms with Gasteiger partial charge in [0.2, 0.25) is 10.0 Å².